The van der Waals surface area contributed by atoms with Crippen molar-refractivity contribution in [1.82, 2.24) is 0 Å². The van der Waals surface area contributed by atoms with Crippen LogP contribution in [0.5, 0.6) is 0 Å². The van der Waals surface area contributed by atoms with Gasteiger partial charge >= 0.3 is 12.4 Å². The maximum absolute atomic E-state index is 13.5. The molecule has 1 rings (SSSR count). The Balaban J connectivity index is 4.07. The van der Waals surface area contributed by atoms with E-state index in [4.69, 9.17) is 16.3 Å². The van der Waals surface area contributed by atoms with Crippen LogP contribution in [0.15, 0.2) is 0 Å². The SMILES string of the molecule is N#Cc1c(N)c(C(F)(F)F)c(F)c(C(F)(F)F)c1C#N. The predicted octanol–water partition coefficient (Wildman–Crippen LogP) is 3.19. The molecule has 0 fully saturated rings. The molecule has 0 amide bonds. The van der Waals surface area contributed by atoms with E-state index >= 15 is 0 Å². The zero-order chi connectivity index (χ0) is 15.9. The number of nitriles is 2. The monoisotopic (exact) mass is 297 g/mol. The lowest BCUT2D eigenvalue weighted by atomic mass is 9.95. The van der Waals surface area contributed by atoms with Gasteiger partial charge in [-0.15, -0.1) is 0 Å². The van der Waals surface area contributed by atoms with Gasteiger partial charge in [0.05, 0.1) is 16.8 Å². The van der Waals surface area contributed by atoms with Gasteiger partial charge in [0.15, 0.2) is 5.82 Å². The van der Waals surface area contributed by atoms with Crippen molar-refractivity contribution in [2.45, 2.75) is 12.4 Å². The highest BCUT2D eigenvalue weighted by atomic mass is 19.4. The quantitative estimate of drug-likeness (QED) is 0.590. The number of nitrogens with two attached hydrogens (primary N) is 1. The molecular formula is C10H2F7N3. The molecule has 1 aromatic rings. The Morgan fingerprint density at radius 2 is 1.20 bits per heavy atom. The summed E-state index contributed by atoms with van der Waals surface area (Å²) in [6, 6.07) is 1.80. The van der Waals surface area contributed by atoms with Gasteiger partial charge in [-0.3, -0.25) is 0 Å². The molecular weight excluding hydrogens is 295 g/mol. The molecule has 0 saturated carbocycles. The number of alkyl halides is 6. The van der Waals surface area contributed by atoms with Crippen molar-refractivity contribution < 1.29 is 30.7 Å². The lowest BCUT2D eigenvalue weighted by Gasteiger charge is -2.18. The lowest BCUT2D eigenvalue weighted by Crippen LogP contribution is -2.21. The molecule has 3 nitrogen and oxygen atoms in total. The largest absolute Gasteiger partial charge is 0.421 e. The Hall–Kier alpha value is -2.49. The van der Waals surface area contributed by atoms with E-state index in [1.807, 2.05) is 0 Å². The third kappa shape index (κ3) is 2.32. The number of nitrogen functional groups attached to an aromatic ring is 1. The molecule has 0 radical (unpaired) electrons. The van der Waals surface area contributed by atoms with Crippen LogP contribution < -0.4 is 5.73 Å². The molecule has 0 spiro atoms. The van der Waals surface area contributed by atoms with Gasteiger partial charge in [0.2, 0.25) is 0 Å². The van der Waals surface area contributed by atoms with E-state index in [2.05, 4.69) is 0 Å². The van der Waals surface area contributed by atoms with Gasteiger partial charge in [-0.2, -0.15) is 36.9 Å². The highest BCUT2D eigenvalue weighted by molar-refractivity contribution is 5.69. The minimum Gasteiger partial charge on any atom is -0.397 e. The highest BCUT2D eigenvalue weighted by Gasteiger charge is 2.46. The van der Waals surface area contributed by atoms with E-state index in [1.165, 1.54) is 0 Å². The summed E-state index contributed by atoms with van der Waals surface area (Å²) in [5, 5.41) is 17.1. The van der Waals surface area contributed by atoms with Gasteiger partial charge < -0.3 is 5.73 Å². The first kappa shape index (κ1) is 15.6. The Morgan fingerprint density at radius 3 is 1.50 bits per heavy atom. The van der Waals surface area contributed by atoms with Gasteiger partial charge in [0.25, 0.3) is 0 Å². The van der Waals surface area contributed by atoms with Crippen LogP contribution in [-0.2, 0) is 12.4 Å². The lowest BCUT2D eigenvalue weighted by molar-refractivity contribution is -0.147. The van der Waals surface area contributed by atoms with Gasteiger partial charge in [-0.25, -0.2) is 4.39 Å². The molecule has 1 aromatic carbocycles. The Kier molecular flexibility index (Phi) is 3.55. The number of hydrogen-bond acceptors (Lipinski definition) is 3. The van der Waals surface area contributed by atoms with Crippen LogP contribution in [0.2, 0.25) is 0 Å². The zero-order valence-electron chi connectivity index (χ0n) is 9.12. The molecule has 2 N–H and O–H groups in total. The molecule has 0 aliphatic heterocycles. The second kappa shape index (κ2) is 4.56. The van der Waals surface area contributed by atoms with Crippen LogP contribution in [0.1, 0.15) is 22.3 Å². The smallest absolute Gasteiger partial charge is 0.397 e. The van der Waals surface area contributed by atoms with E-state index in [9.17, 15) is 30.7 Å². The van der Waals surface area contributed by atoms with Gasteiger partial charge in [0.1, 0.15) is 23.3 Å². The Morgan fingerprint density at radius 1 is 0.800 bits per heavy atom. The maximum atomic E-state index is 13.5. The van der Waals surface area contributed by atoms with E-state index in [1.54, 1.807) is 0 Å². The summed E-state index contributed by atoms with van der Waals surface area (Å²) in [4.78, 5) is 0. The molecule has 0 aromatic heterocycles. The number of halogens is 7. The summed E-state index contributed by atoms with van der Waals surface area (Å²) >= 11 is 0. The van der Waals surface area contributed by atoms with Gasteiger partial charge in [-0.1, -0.05) is 0 Å². The predicted molar refractivity (Wildman–Crippen MR) is 50.2 cm³/mol. The fourth-order valence-corrected chi connectivity index (χ4v) is 1.51. The summed E-state index contributed by atoms with van der Waals surface area (Å²) in [6.07, 6.45) is -11.1. The third-order valence-corrected chi connectivity index (χ3v) is 2.27. The van der Waals surface area contributed by atoms with Crippen LogP contribution in [0, 0.1) is 28.5 Å². The first-order chi connectivity index (χ1) is 8.96. The second-order valence-corrected chi connectivity index (χ2v) is 3.45. The molecule has 0 atom stereocenters. The highest BCUT2D eigenvalue weighted by Crippen LogP contribution is 2.44. The van der Waals surface area contributed by atoms with E-state index in [-0.39, 0.29) is 0 Å². The summed E-state index contributed by atoms with van der Waals surface area (Å²) in [5.41, 5.74) is -4.51. The summed E-state index contributed by atoms with van der Waals surface area (Å²) in [5.74, 6) is -2.72. The minimum atomic E-state index is -5.59. The van der Waals surface area contributed by atoms with Crippen molar-refractivity contribution in [3.63, 3.8) is 0 Å². The van der Waals surface area contributed by atoms with Crippen molar-refractivity contribution in [2.75, 3.05) is 5.73 Å². The summed E-state index contributed by atoms with van der Waals surface area (Å²) in [7, 11) is 0. The molecule has 20 heavy (non-hydrogen) atoms. The molecule has 0 aliphatic carbocycles. The van der Waals surface area contributed by atoms with Crippen LogP contribution in [0.4, 0.5) is 36.4 Å². The first-order valence-corrected chi connectivity index (χ1v) is 4.56. The van der Waals surface area contributed by atoms with E-state index in [0.29, 0.717) is 0 Å². The van der Waals surface area contributed by atoms with Crippen molar-refractivity contribution in [3.05, 3.63) is 28.1 Å². The number of benzene rings is 1. The number of anilines is 1. The van der Waals surface area contributed by atoms with Crippen molar-refractivity contribution in [2.24, 2.45) is 0 Å². The van der Waals surface area contributed by atoms with Gasteiger partial charge in [0, 0.05) is 0 Å². The zero-order valence-corrected chi connectivity index (χ0v) is 9.12. The number of nitrogens with zero attached hydrogens (tertiary/aromatic N) is 2. The average Bonchev–Trinajstić information content (AvgIpc) is 2.24. The van der Waals surface area contributed by atoms with Crippen molar-refractivity contribution in [3.8, 4) is 12.1 Å². The number of hydrogen-bond donors (Lipinski definition) is 1. The third-order valence-electron chi connectivity index (χ3n) is 2.27. The molecule has 106 valence electrons. The fourth-order valence-electron chi connectivity index (χ4n) is 1.51. The van der Waals surface area contributed by atoms with Crippen LogP contribution in [-0.4, -0.2) is 0 Å². The summed E-state index contributed by atoms with van der Waals surface area (Å²) < 4.78 is 89.0. The van der Waals surface area contributed by atoms with Crippen LogP contribution in [0.3, 0.4) is 0 Å². The number of rotatable bonds is 0. The molecule has 10 heteroatoms. The van der Waals surface area contributed by atoms with Crippen molar-refractivity contribution in [1.29, 1.82) is 10.5 Å². The molecule has 0 heterocycles. The summed E-state index contributed by atoms with van der Waals surface area (Å²) in [6.45, 7) is 0. The van der Waals surface area contributed by atoms with E-state index < -0.39 is 46.1 Å². The van der Waals surface area contributed by atoms with Crippen LogP contribution >= 0.6 is 0 Å². The van der Waals surface area contributed by atoms with Crippen molar-refractivity contribution >= 4 is 5.69 Å². The second-order valence-electron chi connectivity index (χ2n) is 3.45. The minimum absolute atomic E-state index is 0.852. The standard InChI is InChI=1S/C10H2F7N3/c11-7-5(9(12,13)14)3(1-18)4(2-19)8(20)6(7)10(15,16)17/h20H2. The average molecular weight is 297 g/mol. The van der Waals surface area contributed by atoms with Crippen LogP contribution in [0.25, 0.3) is 0 Å². The first-order valence-electron chi connectivity index (χ1n) is 4.56. The topological polar surface area (TPSA) is 73.6 Å². The molecule has 0 saturated heterocycles. The van der Waals surface area contributed by atoms with Gasteiger partial charge in [-0.05, 0) is 0 Å². The molecule has 0 unspecified atom stereocenters. The molecule has 0 aliphatic rings. The Labute approximate surface area is 106 Å². The fraction of sp³-hybridized carbons (Fsp3) is 0.200. The molecule has 0 bridgehead atoms. The maximum Gasteiger partial charge on any atom is 0.421 e. The normalized spacial score (nSPS) is 11.8. The van der Waals surface area contributed by atoms with E-state index in [0.717, 1.165) is 12.1 Å². The Bertz CT molecular complexity index is 644.